The maximum Gasteiger partial charge on any atom is 0.331 e. The Hall–Kier alpha value is -3.30. The molecule has 1 N–H and O–H groups in total. The zero-order valence-corrected chi connectivity index (χ0v) is 18.2. The first-order valence-electron chi connectivity index (χ1n) is 8.93. The van der Waals surface area contributed by atoms with E-state index >= 15 is 0 Å². The lowest BCUT2D eigenvalue weighted by atomic mass is 10.2. The zero-order valence-electron chi connectivity index (χ0n) is 16.6. The molecule has 1 saturated heterocycles. The first kappa shape index (κ1) is 22.4. The van der Waals surface area contributed by atoms with Crippen molar-refractivity contribution in [1.29, 1.82) is 0 Å². The number of methoxy groups -OCH3 is 2. The largest absolute Gasteiger partial charge is 0.497 e. The molecule has 31 heavy (non-hydrogen) atoms. The minimum atomic E-state index is -0.626. The number of hydrogen-bond acceptors (Lipinski definition) is 8. The molecule has 2 aromatic rings. The van der Waals surface area contributed by atoms with Crippen molar-refractivity contribution in [2.75, 3.05) is 14.2 Å². The minimum Gasteiger partial charge on any atom is -0.497 e. The van der Waals surface area contributed by atoms with Gasteiger partial charge in [0.2, 0.25) is 0 Å². The van der Waals surface area contributed by atoms with Crippen LogP contribution >= 0.6 is 23.4 Å². The van der Waals surface area contributed by atoms with Gasteiger partial charge in [-0.2, -0.15) is 5.10 Å². The molecule has 160 valence electrons. The summed E-state index contributed by atoms with van der Waals surface area (Å²) in [5.41, 5.74) is 1.55. The summed E-state index contributed by atoms with van der Waals surface area (Å²) < 4.78 is 15.6. The Kier molecular flexibility index (Phi) is 7.69. The summed E-state index contributed by atoms with van der Waals surface area (Å²) in [6, 6.07) is 12.7. The molecule has 10 heteroatoms. The van der Waals surface area contributed by atoms with Crippen LogP contribution in [0.2, 0.25) is 5.02 Å². The van der Waals surface area contributed by atoms with E-state index < -0.39 is 11.9 Å². The molecule has 1 aliphatic heterocycles. The van der Waals surface area contributed by atoms with E-state index in [1.807, 2.05) is 24.3 Å². The molecule has 0 radical (unpaired) electrons. The van der Waals surface area contributed by atoms with Crippen molar-refractivity contribution in [2.45, 2.75) is 6.61 Å². The van der Waals surface area contributed by atoms with Crippen LogP contribution < -0.4 is 14.8 Å². The van der Waals surface area contributed by atoms with Gasteiger partial charge in [0.15, 0.2) is 5.17 Å². The molecular formula is C21H18ClN3O5S. The third-order valence-electron chi connectivity index (χ3n) is 3.95. The fraction of sp³-hybridized carbons (Fsp3) is 0.143. The van der Waals surface area contributed by atoms with Crippen LogP contribution in [0.1, 0.15) is 11.1 Å². The summed E-state index contributed by atoms with van der Waals surface area (Å²) in [5.74, 6) is 0.227. The number of hydrogen-bond donors (Lipinski definition) is 1. The van der Waals surface area contributed by atoms with Crippen LogP contribution in [0.15, 0.2) is 63.6 Å². The number of carbonyl (C=O) groups excluding carboxylic acids is 2. The monoisotopic (exact) mass is 459 g/mol. The van der Waals surface area contributed by atoms with Crippen molar-refractivity contribution < 1.29 is 23.8 Å². The lowest BCUT2D eigenvalue weighted by Gasteiger charge is -2.10. The van der Waals surface area contributed by atoms with Gasteiger partial charge in [-0.25, -0.2) is 4.79 Å². The lowest BCUT2D eigenvalue weighted by molar-refractivity contribution is -0.135. The van der Waals surface area contributed by atoms with Gasteiger partial charge in [0.05, 0.1) is 25.3 Å². The molecule has 8 nitrogen and oxygen atoms in total. The molecule has 0 aliphatic carbocycles. The summed E-state index contributed by atoms with van der Waals surface area (Å²) in [4.78, 5) is 23.3. The Morgan fingerprint density at radius 2 is 2.06 bits per heavy atom. The second-order valence-corrected chi connectivity index (χ2v) is 7.53. The summed E-state index contributed by atoms with van der Waals surface area (Å²) in [6.07, 6.45) is 2.56. The molecule has 1 amide bonds. The van der Waals surface area contributed by atoms with Crippen molar-refractivity contribution in [3.05, 3.63) is 69.6 Å². The molecule has 0 spiro atoms. The van der Waals surface area contributed by atoms with Crippen molar-refractivity contribution in [3.8, 4) is 11.5 Å². The number of thioether (sulfide) groups is 1. The van der Waals surface area contributed by atoms with Crippen LogP contribution in [0.25, 0.3) is 0 Å². The maximum absolute atomic E-state index is 11.8. The topological polar surface area (TPSA) is 98.6 Å². The highest BCUT2D eigenvalue weighted by atomic mass is 35.5. The molecule has 0 atom stereocenters. The Labute approximate surface area is 187 Å². The summed E-state index contributed by atoms with van der Waals surface area (Å²) in [6.45, 7) is 0.321. The Morgan fingerprint density at radius 3 is 2.84 bits per heavy atom. The minimum absolute atomic E-state index is 0.172. The highest BCUT2D eigenvalue weighted by Crippen LogP contribution is 2.25. The number of benzene rings is 2. The van der Waals surface area contributed by atoms with Crippen molar-refractivity contribution >= 4 is 46.6 Å². The van der Waals surface area contributed by atoms with Gasteiger partial charge in [-0.05, 0) is 47.7 Å². The number of halogens is 1. The number of amidine groups is 1. The van der Waals surface area contributed by atoms with Crippen LogP contribution in [0.4, 0.5) is 0 Å². The third-order valence-corrected chi connectivity index (χ3v) is 5.08. The second-order valence-electron chi connectivity index (χ2n) is 6.06. The average molecular weight is 460 g/mol. The van der Waals surface area contributed by atoms with Crippen LogP contribution in [-0.4, -0.2) is 37.5 Å². The van der Waals surface area contributed by atoms with Crippen molar-refractivity contribution in [1.82, 2.24) is 5.32 Å². The molecule has 1 aliphatic rings. The van der Waals surface area contributed by atoms with Gasteiger partial charge < -0.3 is 14.2 Å². The Balaban J connectivity index is 1.71. The van der Waals surface area contributed by atoms with Crippen LogP contribution in [-0.2, 0) is 20.9 Å². The second kappa shape index (κ2) is 10.6. The van der Waals surface area contributed by atoms with E-state index in [1.54, 1.807) is 25.3 Å². The van der Waals surface area contributed by atoms with Gasteiger partial charge in [0.1, 0.15) is 18.1 Å². The van der Waals surface area contributed by atoms with Crippen LogP contribution in [0.3, 0.4) is 0 Å². The van der Waals surface area contributed by atoms with E-state index in [0.717, 1.165) is 29.2 Å². The number of carbonyl (C=O) groups is 2. The van der Waals surface area contributed by atoms with Gasteiger partial charge in [-0.3, -0.25) is 10.1 Å². The van der Waals surface area contributed by atoms with Gasteiger partial charge in [0, 0.05) is 16.7 Å². The first-order valence-corrected chi connectivity index (χ1v) is 10.1. The quantitative estimate of drug-likeness (QED) is 0.294. The molecule has 0 bridgehead atoms. The number of nitrogens with one attached hydrogen (secondary N) is 1. The van der Waals surface area contributed by atoms with E-state index in [0.29, 0.717) is 22.9 Å². The Morgan fingerprint density at radius 1 is 1.23 bits per heavy atom. The smallest absolute Gasteiger partial charge is 0.331 e. The number of nitrogens with zero attached hydrogens (tertiary/aromatic N) is 2. The highest BCUT2D eigenvalue weighted by molar-refractivity contribution is 8.18. The van der Waals surface area contributed by atoms with Gasteiger partial charge in [-0.15, -0.1) is 5.10 Å². The standard InChI is InChI=1S/C21H18ClN3O5S/c1-28-16-5-3-4-13(8-16)12-30-17-7-6-15(22)9-14(17)11-23-25-21-24-20(27)18(31-21)10-19(26)29-2/h3-11H,12H2,1-2H3,(H,24,25,27)/b18-10+,23-11?. The molecule has 2 aromatic carbocycles. The van der Waals surface area contributed by atoms with Crippen LogP contribution in [0.5, 0.6) is 11.5 Å². The fourth-order valence-corrected chi connectivity index (χ4v) is 3.38. The van der Waals surface area contributed by atoms with Crippen molar-refractivity contribution in [2.24, 2.45) is 10.2 Å². The molecule has 0 saturated carbocycles. The van der Waals surface area contributed by atoms with Crippen LogP contribution in [0, 0.1) is 0 Å². The molecule has 0 unspecified atom stereocenters. The SMILES string of the molecule is COC(=O)/C=C1/S/C(=N\N=Cc2cc(Cl)ccc2OCc2cccc(OC)c2)NC1=O. The number of esters is 1. The lowest BCUT2D eigenvalue weighted by Crippen LogP contribution is -2.19. The highest BCUT2D eigenvalue weighted by Gasteiger charge is 2.25. The predicted molar refractivity (Wildman–Crippen MR) is 120 cm³/mol. The number of ether oxygens (including phenoxy) is 3. The number of amides is 1. The molecular weight excluding hydrogens is 442 g/mol. The first-order chi connectivity index (χ1) is 15.0. The van der Waals surface area contributed by atoms with Gasteiger partial charge in [0.25, 0.3) is 5.91 Å². The normalized spacial score (nSPS) is 16.0. The van der Waals surface area contributed by atoms with Gasteiger partial charge >= 0.3 is 5.97 Å². The van der Waals surface area contributed by atoms with Crippen molar-refractivity contribution in [3.63, 3.8) is 0 Å². The van der Waals surface area contributed by atoms with Gasteiger partial charge in [-0.1, -0.05) is 23.7 Å². The number of rotatable bonds is 7. The average Bonchev–Trinajstić information content (AvgIpc) is 3.12. The van der Waals surface area contributed by atoms with E-state index in [2.05, 4.69) is 20.3 Å². The van der Waals surface area contributed by atoms with E-state index in [-0.39, 0.29) is 10.1 Å². The fourth-order valence-electron chi connectivity index (χ4n) is 2.46. The molecule has 0 aromatic heterocycles. The zero-order chi connectivity index (χ0) is 22.2. The van der Waals surface area contributed by atoms with E-state index in [1.165, 1.54) is 13.3 Å². The predicted octanol–water partition coefficient (Wildman–Crippen LogP) is 3.54. The third kappa shape index (κ3) is 6.34. The summed E-state index contributed by atoms with van der Waals surface area (Å²) in [5, 5.41) is 11.2. The summed E-state index contributed by atoms with van der Waals surface area (Å²) in [7, 11) is 2.84. The maximum atomic E-state index is 11.8. The molecule has 1 fully saturated rings. The van der Waals surface area contributed by atoms with E-state index in [4.69, 9.17) is 21.1 Å². The Bertz CT molecular complexity index is 1080. The molecule has 3 rings (SSSR count). The summed E-state index contributed by atoms with van der Waals surface area (Å²) >= 11 is 7.08. The molecule has 1 heterocycles. The van der Waals surface area contributed by atoms with E-state index in [9.17, 15) is 9.59 Å².